The standard InChI is InChI=1S/2C54H94O7S.Ca/c2*1-3-5-7-9-11-13-15-17-19-21-23-25-27-29-31-33-35-37-39-41-43-47-60-53(55)51-46-45-50(62(57,58)59)49-52(51)54(56)61-48-44-42-40-38-36-34-32-30-28-26-24-22-20-18-16-14-12-10-8-6-4-2;/h2*9-12,45-46,49H,3-8,13-44,47-48H2,1-2H3,(H,57,58,59);/q;;+2/p-2/b2*11-9+,12-10+;. The van der Waals surface area contributed by atoms with Gasteiger partial charge < -0.3 is 28.1 Å². The molecular weight excluding hydrogens is 1630 g/mol. The van der Waals surface area contributed by atoms with Crippen molar-refractivity contribution in [2.75, 3.05) is 26.4 Å². The van der Waals surface area contributed by atoms with Crippen LogP contribution in [0.5, 0.6) is 0 Å². The molecule has 716 valence electrons. The predicted octanol–water partition coefficient (Wildman–Crippen LogP) is 33.4. The Morgan fingerprint density at radius 1 is 0.216 bits per heavy atom. The van der Waals surface area contributed by atoms with Crippen LogP contribution in [0.3, 0.4) is 0 Å². The van der Waals surface area contributed by atoms with Gasteiger partial charge in [-0.1, -0.05) is 462 Å². The van der Waals surface area contributed by atoms with Crippen LogP contribution < -0.4 is 0 Å². The summed E-state index contributed by atoms with van der Waals surface area (Å²) < 4.78 is 92.0. The second-order valence-electron chi connectivity index (χ2n) is 35.7. The third-order valence-electron chi connectivity index (χ3n) is 24.0. The largest absolute Gasteiger partial charge is 2.00 e. The van der Waals surface area contributed by atoms with E-state index in [-0.39, 0.29) is 86.4 Å². The quantitative estimate of drug-likeness (QED) is 0.0150. The monoisotopic (exact) mass is 1810 g/mol. The Labute approximate surface area is 798 Å². The number of ether oxygens (including phenoxy) is 4. The number of benzene rings is 2. The fourth-order valence-corrected chi connectivity index (χ4v) is 16.9. The van der Waals surface area contributed by atoms with Crippen molar-refractivity contribution >= 4 is 81.9 Å². The van der Waals surface area contributed by atoms with Gasteiger partial charge in [-0.2, -0.15) is 0 Å². The molecule has 2 aromatic carbocycles. The predicted molar refractivity (Wildman–Crippen MR) is 526 cm³/mol. The van der Waals surface area contributed by atoms with E-state index < -0.39 is 53.9 Å². The number of esters is 4. The molecule has 0 unspecified atom stereocenters. The SMILES string of the molecule is CCCC/C=C/CCCCCCCCCCCCCCCCCOC(=O)c1ccc(S(=O)(=O)[O-])cc1C(=O)OCCCCCCCCCCCCCCCCC/C=C/CCCC.CCCC/C=C/CCCCCCCCCCCCCCCCCOC(=O)c1ccc(S(=O)(=O)[O-])cc1C(=O)OCCCCCCCCCCCCCCCCC/C=C/CCCC.[Ca+2]. The number of hydrogen-bond acceptors (Lipinski definition) is 14. The minimum absolute atomic E-state index is 0. The zero-order valence-electron chi connectivity index (χ0n) is 80.9. The molecule has 125 heavy (non-hydrogen) atoms. The summed E-state index contributed by atoms with van der Waals surface area (Å²) in [5.74, 6) is -3.07. The first-order valence-corrected chi connectivity index (χ1v) is 54.9. The van der Waals surface area contributed by atoms with E-state index in [2.05, 4.69) is 76.3 Å². The summed E-state index contributed by atoms with van der Waals surface area (Å²) in [5, 5.41) is 0. The smallest absolute Gasteiger partial charge is 0.744 e. The van der Waals surface area contributed by atoms with Crippen LogP contribution in [-0.2, 0) is 39.2 Å². The van der Waals surface area contributed by atoms with Crippen molar-refractivity contribution in [1.82, 2.24) is 0 Å². The summed E-state index contributed by atoms with van der Waals surface area (Å²) in [6, 6.07) is 6.32. The van der Waals surface area contributed by atoms with Crippen molar-refractivity contribution in [1.29, 1.82) is 0 Å². The molecule has 0 heterocycles. The average Bonchev–Trinajstić information content (AvgIpc) is 0.812. The molecule has 0 spiro atoms. The maximum atomic E-state index is 13.0. The van der Waals surface area contributed by atoms with Crippen LogP contribution in [0.2, 0.25) is 0 Å². The number of carbonyl (C=O) groups is 4. The molecule has 0 N–H and O–H groups in total. The third kappa shape index (κ3) is 78.7. The van der Waals surface area contributed by atoms with Gasteiger partial charge in [0.05, 0.1) is 58.5 Å². The Kier molecular flexibility index (Phi) is 89.5. The van der Waals surface area contributed by atoms with Crippen LogP contribution >= 0.6 is 0 Å². The number of unbranched alkanes of at least 4 members (excludes halogenated alkanes) is 68. The van der Waals surface area contributed by atoms with E-state index in [1.165, 1.54) is 410 Å². The Balaban J connectivity index is 0.00000244. The molecule has 0 amide bonds. The van der Waals surface area contributed by atoms with E-state index in [0.717, 1.165) is 88.5 Å². The van der Waals surface area contributed by atoms with Crippen LogP contribution in [0.4, 0.5) is 0 Å². The van der Waals surface area contributed by atoms with Gasteiger partial charge in [0.25, 0.3) is 0 Å². The van der Waals surface area contributed by atoms with Gasteiger partial charge in [-0.3, -0.25) is 0 Å². The van der Waals surface area contributed by atoms with Crippen molar-refractivity contribution in [3.05, 3.63) is 107 Å². The topological polar surface area (TPSA) is 220 Å². The number of allylic oxidation sites excluding steroid dienone is 8. The van der Waals surface area contributed by atoms with E-state index >= 15 is 0 Å². The van der Waals surface area contributed by atoms with Crippen LogP contribution in [-0.4, -0.2) is 114 Å². The van der Waals surface area contributed by atoms with E-state index in [4.69, 9.17) is 18.9 Å². The average molecular weight is 1810 g/mol. The van der Waals surface area contributed by atoms with Gasteiger partial charge in [0, 0.05) is 0 Å². The zero-order valence-corrected chi connectivity index (χ0v) is 84.7. The molecule has 0 aliphatic rings. The normalized spacial score (nSPS) is 11.8. The maximum absolute atomic E-state index is 13.0. The first kappa shape index (κ1) is 121. The summed E-state index contributed by atoms with van der Waals surface area (Å²) in [6.07, 6.45) is 113. The number of carbonyl (C=O) groups excluding carboxylic acids is 4. The van der Waals surface area contributed by atoms with Crippen molar-refractivity contribution in [3.63, 3.8) is 0 Å². The minimum atomic E-state index is -4.82. The van der Waals surface area contributed by atoms with E-state index in [1.807, 2.05) is 0 Å². The molecule has 0 fully saturated rings. The molecule has 14 nitrogen and oxygen atoms in total. The summed E-state index contributed by atoms with van der Waals surface area (Å²) >= 11 is 0. The molecule has 0 atom stereocenters. The summed E-state index contributed by atoms with van der Waals surface area (Å²) in [7, 11) is -9.64. The van der Waals surface area contributed by atoms with Gasteiger partial charge in [0.2, 0.25) is 0 Å². The molecule has 0 aliphatic heterocycles. The molecular formula is C108H186CaO14S2. The molecule has 0 saturated heterocycles. The zero-order chi connectivity index (χ0) is 90.1. The Morgan fingerprint density at radius 3 is 0.504 bits per heavy atom. The van der Waals surface area contributed by atoms with Gasteiger partial charge in [-0.25, -0.2) is 36.0 Å². The van der Waals surface area contributed by atoms with Gasteiger partial charge in [-0.15, -0.1) is 0 Å². The Hall–Kier alpha value is -3.64. The van der Waals surface area contributed by atoms with Crippen molar-refractivity contribution in [3.8, 4) is 0 Å². The molecule has 2 rings (SSSR count). The first-order chi connectivity index (χ1) is 60.6. The van der Waals surface area contributed by atoms with Gasteiger partial charge >= 0.3 is 61.6 Å². The van der Waals surface area contributed by atoms with Crippen LogP contribution in [0, 0.1) is 0 Å². The van der Waals surface area contributed by atoms with Crippen LogP contribution in [0.1, 0.15) is 557 Å². The Bertz CT molecular complexity index is 2950. The van der Waals surface area contributed by atoms with Crippen LogP contribution in [0.25, 0.3) is 0 Å². The summed E-state index contributed by atoms with van der Waals surface area (Å²) in [6.45, 7) is 9.72. The fourth-order valence-electron chi connectivity index (χ4n) is 15.9. The maximum Gasteiger partial charge on any atom is 2.00 e. The van der Waals surface area contributed by atoms with Gasteiger partial charge in [0.1, 0.15) is 20.2 Å². The third-order valence-corrected chi connectivity index (χ3v) is 25.7. The summed E-state index contributed by atoms with van der Waals surface area (Å²) in [4.78, 5) is 50.8. The van der Waals surface area contributed by atoms with Gasteiger partial charge in [0.15, 0.2) is 0 Å². The molecule has 0 radical (unpaired) electrons. The molecule has 0 aliphatic carbocycles. The van der Waals surface area contributed by atoms with E-state index in [1.54, 1.807) is 0 Å². The molecule has 17 heteroatoms. The number of rotatable bonds is 90. The van der Waals surface area contributed by atoms with E-state index in [0.29, 0.717) is 25.7 Å². The first-order valence-electron chi connectivity index (χ1n) is 52.1. The van der Waals surface area contributed by atoms with Crippen LogP contribution in [0.15, 0.2) is 94.8 Å². The molecule has 0 saturated carbocycles. The van der Waals surface area contributed by atoms with Crippen molar-refractivity contribution in [2.24, 2.45) is 0 Å². The molecule has 0 bridgehead atoms. The minimum Gasteiger partial charge on any atom is -0.744 e. The fraction of sp³-hybridized carbons (Fsp3) is 0.778. The number of hydrogen-bond donors (Lipinski definition) is 0. The van der Waals surface area contributed by atoms with Crippen molar-refractivity contribution < 1.29 is 64.1 Å². The van der Waals surface area contributed by atoms with Crippen molar-refractivity contribution in [2.45, 2.75) is 525 Å². The molecule has 2 aromatic rings. The van der Waals surface area contributed by atoms with Gasteiger partial charge in [-0.05, 0) is 139 Å². The second-order valence-corrected chi connectivity index (χ2v) is 38.4. The summed E-state index contributed by atoms with van der Waals surface area (Å²) in [5.41, 5.74) is -0.657. The Morgan fingerprint density at radius 2 is 0.352 bits per heavy atom. The second kappa shape index (κ2) is 92.2. The van der Waals surface area contributed by atoms with E-state index in [9.17, 15) is 45.1 Å². The molecule has 0 aromatic heterocycles.